The number of hydrogen-bond acceptors (Lipinski definition) is 8. The Labute approximate surface area is 168 Å². The molecule has 30 heavy (non-hydrogen) atoms. The molecule has 12 heteroatoms. The van der Waals surface area contributed by atoms with Crippen LogP contribution >= 0.6 is 0 Å². The zero-order chi connectivity index (χ0) is 22.4. The van der Waals surface area contributed by atoms with E-state index in [1.54, 1.807) is 19.1 Å². The number of nitrogens with zero attached hydrogens (tertiary/aromatic N) is 3. The van der Waals surface area contributed by atoms with Gasteiger partial charge in [-0.3, -0.25) is 20.7 Å². The zero-order valence-electron chi connectivity index (χ0n) is 15.9. The molecule has 160 valence electrons. The molecular weight excluding hydrogens is 407 g/mol. The Morgan fingerprint density at radius 1 is 1.23 bits per heavy atom. The predicted molar refractivity (Wildman–Crippen MR) is 101 cm³/mol. The van der Waals surface area contributed by atoms with E-state index in [0.717, 1.165) is 0 Å². The summed E-state index contributed by atoms with van der Waals surface area (Å²) in [6.07, 6.45) is -7.37. The van der Waals surface area contributed by atoms with Gasteiger partial charge in [-0.25, -0.2) is 4.79 Å². The second-order valence-electron chi connectivity index (χ2n) is 6.73. The molecule has 3 rings (SSSR count). The average Bonchev–Trinajstić information content (AvgIpc) is 2.68. The summed E-state index contributed by atoms with van der Waals surface area (Å²) in [5.41, 5.74) is 13.4. The van der Waals surface area contributed by atoms with Crippen molar-refractivity contribution in [2.24, 2.45) is 11.5 Å². The Bertz CT molecular complexity index is 1010. The van der Waals surface area contributed by atoms with Crippen LogP contribution in [0.25, 0.3) is 11.1 Å². The fourth-order valence-electron chi connectivity index (χ4n) is 3.26. The van der Waals surface area contributed by atoms with Crippen molar-refractivity contribution in [3.63, 3.8) is 0 Å². The third kappa shape index (κ3) is 3.67. The summed E-state index contributed by atoms with van der Waals surface area (Å²) < 4.78 is 38.3. The third-order valence-electron chi connectivity index (χ3n) is 4.83. The van der Waals surface area contributed by atoms with Crippen LogP contribution in [0.1, 0.15) is 17.3 Å². The number of benzene rings is 2. The first-order valence-corrected chi connectivity index (χ1v) is 8.63. The van der Waals surface area contributed by atoms with Crippen molar-refractivity contribution < 1.29 is 27.7 Å². The highest BCUT2D eigenvalue weighted by molar-refractivity contribution is 5.81. The summed E-state index contributed by atoms with van der Waals surface area (Å²) in [4.78, 5) is 28.2. The van der Waals surface area contributed by atoms with Gasteiger partial charge in [-0.2, -0.15) is 18.2 Å². The van der Waals surface area contributed by atoms with E-state index in [1.165, 1.54) is 36.2 Å². The van der Waals surface area contributed by atoms with Gasteiger partial charge in [0.25, 0.3) is 5.69 Å². The number of nitro benzene ring substituents is 1. The molecule has 0 aromatic heterocycles. The molecule has 0 aliphatic carbocycles. The number of nitrogens with two attached hydrogens (primary N) is 2. The first-order chi connectivity index (χ1) is 13.9. The van der Waals surface area contributed by atoms with Gasteiger partial charge in [0.2, 0.25) is 0 Å². The topological polar surface area (TPSA) is 128 Å². The molecule has 4 N–H and O–H groups in total. The van der Waals surface area contributed by atoms with Crippen molar-refractivity contribution in [3.8, 4) is 11.1 Å². The molecule has 2 unspecified atom stereocenters. The van der Waals surface area contributed by atoms with Gasteiger partial charge in [-0.15, -0.1) is 0 Å². The zero-order valence-corrected chi connectivity index (χ0v) is 15.9. The summed E-state index contributed by atoms with van der Waals surface area (Å²) in [5.74, 6) is -2.46. The van der Waals surface area contributed by atoms with Crippen LogP contribution < -0.4 is 16.5 Å². The minimum Gasteiger partial charge on any atom is -0.329 e. The molecule has 9 nitrogen and oxygen atoms in total. The number of halogens is 3. The number of hydroxylamine groups is 1. The number of anilines is 1. The molecule has 0 fully saturated rings. The summed E-state index contributed by atoms with van der Waals surface area (Å²) in [7, 11) is 1.45. The molecule has 2 aromatic carbocycles. The van der Waals surface area contributed by atoms with Gasteiger partial charge in [0.1, 0.15) is 0 Å². The van der Waals surface area contributed by atoms with Crippen LogP contribution in [0.2, 0.25) is 0 Å². The highest BCUT2D eigenvalue weighted by Gasteiger charge is 2.45. The van der Waals surface area contributed by atoms with Gasteiger partial charge in [0.15, 0.2) is 6.29 Å². The van der Waals surface area contributed by atoms with Crippen LogP contribution in [-0.4, -0.2) is 35.3 Å². The number of aryl methyl sites for hydroxylation is 1. The minimum atomic E-state index is -5.25. The largest absolute Gasteiger partial charge is 0.493 e. The van der Waals surface area contributed by atoms with Gasteiger partial charge in [-0.05, 0) is 31.2 Å². The maximum absolute atomic E-state index is 12.8. The number of carbonyl (C=O) groups excluding carboxylic acids is 1. The van der Waals surface area contributed by atoms with E-state index in [-0.39, 0.29) is 16.9 Å². The van der Waals surface area contributed by atoms with Crippen molar-refractivity contribution in [1.29, 1.82) is 0 Å². The van der Waals surface area contributed by atoms with Crippen molar-refractivity contribution in [1.82, 2.24) is 4.90 Å². The van der Waals surface area contributed by atoms with Crippen molar-refractivity contribution in [2.45, 2.75) is 25.6 Å². The summed E-state index contributed by atoms with van der Waals surface area (Å²) in [5, 5.41) is 12.1. The van der Waals surface area contributed by atoms with Crippen molar-refractivity contribution in [2.75, 3.05) is 12.1 Å². The van der Waals surface area contributed by atoms with Crippen LogP contribution in [-0.2, 0) is 9.63 Å². The highest BCUT2D eigenvalue weighted by Crippen LogP contribution is 2.40. The average molecular weight is 425 g/mol. The number of carbonyl (C=O) groups is 1. The van der Waals surface area contributed by atoms with Gasteiger partial charge in [0, 0.05) is 11.6 Å². The lowest BCUT2D eigenvalue weighted by atomic mass is 9.95. The summed E-state index contributed by atoms with van der Waals surface area (Å²) in [6, 6.07) is 8.92. The van der Waals surface area contributed by atoms with E-state index in [9.17, 15) is 28.1 Å². The van der Waals surface area contributed by atoms with Crippen molar-refractivity contribution >= 4 is 17.3 Å². The molecular formula is C18H18F3N5O4. The van der Waals surface area contributed by atoms with Gasteiger partial charge < -0.3 is 10.6 Å². The second kappa shape index (κ2) is 7.55. The maximum Gasteiger partial charge on any atom is 0.493 e. The SMILES string of the molecule is Cc1cccc([N+](=O)[O-])c1-c1ccc2c(c1)N(OC(=O)C(F)(F)F)C(N)N(C)C2N. The van der Waals surface area contributed by atoms with Crippen LogP contribution in [0.5, 0.6) is 0 Å². The third-order valence-corrected chi connectivity index (χ3v) is 4.83. The maximum atomic E-state index is 12.8. The Morgan fingerprint density at radius 2 is 1.90 bits per heavy atom. The standard InChI is InChI=1S/C18H18F3N5O4/c1-9-4-3-5-12(26(28)29)14(9)10-6-7-11-13(8-10)25(17(23)24(2)15(11)22)30-16(27)18(19,20)21/h3-8,15,17H,22-23H2,1-2H3. The fraction of sp³-hybridized carbons (Fsp3) is 0.278. The van der Waals surface area contributed by atoms with Gasteiger partial charge >= 0.3 is 12.1 Å². The first kappa shape index (κ1) is 21.5. The molecule has 1 aliphatic heterocycles. The molecule has 2 aromatic rings. The summed E-state index contributed by atoms with van der Waals surface area (Å²) in [6.45, 7) is 1.66. The van der Waals surface area contributed by atoms with Crippen molar-refractivity contribution in [3.05, 3.63) is 57.6 Å². The fourth-order valence-corrected chi connectivity index (χ4v) is 3.26. The lowest BCUT2D eigenvalue weighted by Gasteiger charge is -2.43. The van der Waals surface area contributed by atoms with Crippen LogP contribution in [0, 0.1) is 17.0 Å². The molecule has 0 saturated carbocycles. The minimum absolute atomic E-state index is 0.000695. The summed E-state index contributed by atoms with van der Waals surface area (Å²) >= 11 is 0. The number of nitro groups is 1. The lowest BCUT2D eigenvalue weighted by Crippen LogP contribution is -2.60. The quantitative estimate of drug-likeness (QED) is 0.567. The number of rotatable bonds is 3. The highest BCUT2D eigenvalue weighted by atomic mass is 19.4. The monoisotopic (exact) mass is 425 g/mol. The molecule has 0 saturated heterocycles. The Hall–Kier alpha value is -3.22. The van der Waals surface area contributed by atoms with Crippen LogP contribution in [0.3, 0.4) is 0 Å². The molecule has 2 atom stereocenters. The number of alkyl halides is 3. The molecule has 0 radical (unpaired) electrons. The lowest BCUT2D eigenvalue weighted by molar-refractivity contribution is -0.384. The van der Waals surface area contributed by atoms with Crippen LogP contribution in [0.4, 0.5) is 24.5 Å². The van der Waals surface area contributed by atoms with Gasteiger partial charge in [0.05, 0.1) is 22.3 Å². The van der Waals surface area contributed by atoms with E-state index in [2.05, 4.69) is 4.84 Å². The molecule has 1 heterocycles. The van der Waals surface area contributed by atoms with E-state index >= 15 is 0 Å². The van der Waals surface area contributed by atoms with Crippen LogP contribution in [0.15, 0.2) is 36.4 Å². The Kier molecular flexibility index (Phi) is 5.41. The molecule has 0 bridgehead atoms. The first-order valence-electron chi connectivity index (χ1n) is 8.63. The molecule has 0 spiro atoms. The molecule has 1 aliphatic rings. The van der Waals surface area contributed by atoms with E-state index in [4.69, 9.17) is 11.5 Å². The molecule has 0 amide bonds. The predicted octanol–water partition coefficient (Wildman–Crippen LogP) is 2.54. The number of hydrogen-bond donors (Lipinski definition) is 2. The smallest absolute Gasteiger partial charge is 0.329 e. The second-order valence-corrected chi connectivity index (χ2v) is 6.73. The Balaban J connectivity index is 2.17. The van der Waals surface area contributed by atoms with E-state index in [1.807, 2.05) is 0 Å². The Morgan fingerprint density at radius 3 is 2.50 bits per heavy atom. The van der Waals surface area contributed by atoms with E-state index in [0.29, 0.717) is 21.8 Å². The van der Waals surface area contributed by atoms with Gasteiger partial charge in [-0.1, -0.05) is 24.3 Å². The normalized spacial score (nSPS) is 19.4. The van der Waals surface area contributed by atoms with E-state index < -0.39 is 29.5 Å². The number of fused-ring (bicyclic) bond motifs is 1.